The van der Waals surface area contributed by atoms with Crippen LogP contribution in [0.3, 0.4) is 0 Å². The van der Waals surface area contributed by atoms with Crippen LogP contribution in [-0.4, -0.2) is 30.7 Å². The molecular formula is C17H15N5O. The van der Waals surface area contributed by atoms with Crippen LogP contribution in [-0.2, 0) is 0 Å². The normalized spacial score (nSPS) is 29.6. The molecule has 2 heterocycles. The molecule has 0 bridgehead atoms. The average molecular weight is 305 g/mol. The molecule has 1 N–H and O–H groups in total. The van der Waals surface area contributed by atoms with Crippen LogP contribution in [0, 0.1) is 56.7 Å². The zero-order valence-electron chi connectivity index (χ0n) is 12.7. The van der Waals surface area contributed by atoms with Crippen LogP contribution in [0.1, 0.15) is 11.5 Å². The molecule has 3 atom stereocenters. The van der Waals surface area contributed by atoms with E-state index in [4.69, 9.17) is 9.83 Å². The van der Waals surface area contributed by atoms with Gasteiger partial charge in [-0.05, 0) is 24.3 Å². The van der Waals surface area contributed by atoms with E-state index in [2.05, 4.69) is 11.0 Å². The van der Waals surface area contributed by atoms with E-state index in [1.807, 2.05) is 25.3 Å². The van der Waals surface area contributed by atoms with Crippen molar-refractivity contribution in [1.82, 2.24) is 4.90 Å². The van der Waals surface area contributed by atoms with Crippen molar-refractivity contribution in [3.05, 3.63) is 35.8 Å². The lowest BCUT2D eigenvalue weighted by Gasteiger charge is -2.46. The Morgan fingerprint density at radius 3 is 2.65 bits per heavy atom. The van der Waals surface area contributed by atoms with E-state index >= 15 is 0 Å². The number of furan rings is 1. The van der Waals surface area contributed by atoms with Crippen molar-refractivity contribution in [3.63, 3.8) is 0 Å². The van der Waals surface area contributed by atoms with Crippen molar-refractivity contribution in [2.45, 2.75) is 5.92 Å². The predicted molar refractivity (Wildman–Crippen MR) is 81.0 cm³/mol. The molecule has 1 aliphatic heterocycles. The van der Waals surface area contributed by atoms with Gasteiger partial charge in [0.25, 0.3) is 0 Å². The van der Waals surface area contributed by atoms with Crippen molar-refractivity contribution >= 4 is 5.71 Å². The van der Waals surface area contributed by atoms with Gasteiger partial charge < -0.3 is 14.7 Å². The number of nitrogens with one attached hydrogen (secondary N) is 1. The molecule has 0 spiro atoms. The third-order valence-electron chi connectivity index (χ3n) is 4.88. The van der Waals surface area contributed by atoms with Crippen molar-refractivity contribution in [2.75, 3.05) is 20.1 Å². The van der Waals surface area contributed by atoms with Crippen LogP contribution in [0.4, 0.5) is 0 Å². The lowest BCUT2D eigenvalue weighted by molar-refractivity contribution is 0.234. The largest absolute Gasteiger partial charge is 0.472 e. The Morgan fingerprint density at radius 2 is 2.09 bits per heavy atom. The maximum Gasteiger partial charge on any atom is 0.189 e. The molecule has 1 fully saturated rings. The fourth-order valence-electron chi connectivity index (χ4n) is 3.78. The third-order valence-corrected chi connectivity index (χ3v) is 4.88. The van der Waals surface area contributed by atoms with Gasteiger partial charge in [-0.15, -0.1) is 0 Å². The maximum absolute atomic E-state index is 9.76. The van der Waals surface area contributed by atoms with E-state index in [-0.39, 0.29) is 11.6 Å². The van der Waals surface area contributed by atoms with Crippen LogP contribution in [0.2, 0.25) is 0 Å². The molecule has 0 saturated heterocycles. The highest BCUT2D eigenvalue weighted by atomic mass is 16.3. The summed E-state index contributed by atoms with van der Waals surface area (Å²) in [5, 5.41) is 37.5. The molecule has 2 aliphatic rings. The van der Waals surface area contributed by atoms with Crippen LogP contribution in [0.15, 0.2) is 34.7 Å². The standard InChI is InChI=1S/C17H15N5O/c1-22-4-2-12-13(6-18)16(21)17(9-19,10-20)15(14(12)7-22)11-3-5-23-8-11/h2-3,5,8,13-15,21H,4,7H2,1H3/t13?,14-,15+/m0/s1. The number of nitriles is 3. The van der Waals surface area contributed by atoms with Gasteiger partial charge in [-0.1, -0.05) is 6.08 Å². The van der Waals surface area contributed by atoms with Gasteiger partial charge in [-0.2, -0.15) is 15.8 Å². The summed E-state index contributed by atoms with van der Waals surface area (Å²) in [6, 6.07) is 7.94. The fourth-order valence-corrected chi connectivity index (χ4v) is 3.78. The highest BCUT2D eigenvalue weighted by Crippen LogP contribution is 2.53. The minimum atomic E-state index is -1.65. The van der Waals surface area contributed by atoms with Gasteiger partial charge in [0, 0.05) is 24.9 Å². The summed E-state index contributed by atoms with van der Waals surface area (Å²) in [6.07, 6.45) is 4.99. The second kappa shape index (κ2) is 5.39. The van der Waals surface area contributed by atoms with Gasteiger partial charge >= 0.3 is 0 Å². The zero-order valence-corrected chi connectivity index (χ0v) is 12.7. The molecule has 114 valence electrons. The Morgan fingerprint density at radius 1 is 1.35 bits per heavy atom. The first-order valence-corrected chi connectivity index (χ1v) is 7.30. The lowest BCUT2D eigenvalue weighted by Crippen LogP contribution is -2.52. The summed E-state index contributed by atoms with van der Waals surface area (Å²) >= 11 is 0. The Hall–Kier alpha value is -2.88. The number of rotatable bonds is 1. The fraction of sp³-hybridized carbons (Fsp3) is 0.412. The minimum Gasteiger partial charge on any atom is -0.472 e. The topological polar surface area (TPSA) is 112 Å². The van der Waals surface area contributed by atoms with Gasteiger partial charge in [-0.3, -0.25) is 0 Å². The van der Waals surface area contributed by atoms with Crippen molar-refractivity contribution in [1.29, 1.82) is 21.2 Å². The van der Waals surface area contributed by atoms with Gasteiger partial charge in [-0.25, -0.2) is 0 Å². The summed E-state index contributed by atoms with van der Waals surface area (Å²) in [5.74, 6) is -1.48. The quantitative estimate of drug-likeness (QED) is 0.798. The van der Waals surface area contributed by atoms with Crippen molar-refractivity contribution in [3.8, 4) is 18.2 Å². The molecule has 23 heavy (non-hydrogen) atoms. The molecule has 0 aromatic carbocycles. The van der Waals surface area contributed by atoms with Crippen molar-refractivity contribution in [2.24, 2.45) is 17.3 Å². The van der Waals surface area contributed by atoms with Gasteiger partial charge in [0.15, 0.2) is 5.41 Å². The Bertz CT molecular complexity index is 772. The van der Waals surface area contributed by atoms with E-state index in [0.29, 0.717) is 13.1 Å². The molecule has 6 nitrogen and oxygen atoms in total. The molecule has 1 aliphatic carbocycles. The predicted octanol–water partition coefficient (Wildman–Crippen LogP) is 2.06. The molecule has 3 rings (SSSR count). The number of nitrogens with zero attached hydrogens (tertiary/aromatic N) is 4. The molecule has 1 aromatic heterocycles. The van der Waals surface area contributed by atoms with E-state index < -0.39 is 17.3 Å². The summed E-state index contributed by atoms with van der Waals surface area (Å²) < 4.78 is 5.16. The molecule has 0 radical (unpaired) electrons. The van der Waals surface area contributed by atoms with E-state index in [1.165, 1.54) is 12.5 Å². The highest BCUT2D eigenvalue weighted by Gasteiger charge is 2.57. The molecule has 6 heteroatoms. The molecular weight excluding hydrogens is 290 g/mol. The van der Waals surface area contributed by atoms with E-state index in [9.17, 15) is 15.8 Å². The number of likely N-dealkylation sites (N-methyl/N-ethyl adjacent to an activating group) is 1. The van der Waals surface area contributed by atoms with Crippen LogP contribution in [0.5, 0.6) is 0 Å². The molecule has 1 saturated carbocycles. The summed E-state index contributed by atoms with van der Waals surface area (Å²) in [5.41, 5.74) is -0.198. The molecule has 1 aromatic rings. The number of hydrogen-bond acceptors (Lipinski definition) is 6. The van der Waals surface area contributed by atoms with Crippen molar-refractivity contribution < 1.29 is 4.42 Å². The summed E-state index contributed by atoms with van der Waals surface area (Å²) in [7, 11) is 1.96. The lowest BCUT2D eigenvalue weighted by atomic mass is 9.54. The first kappa shape index (κ1) is 15.0. The van der Waals surface area contributed by atoms with Crippen LogP contribution in [0.25, 0.3) is 0 Å². The summed E-state index contributed by atoms with van der Waals surface area (Å²) in [4.78, 5) is 2.09. The Labute approximate surface area is 134 Å². The minimum absolute atomic E-state index is 0.122. The highest BCUT2D eigenvalue weighted by molar-refractivity contribution is 6.00. The molecule has 1 unspecified atom stereocenters. The Kier molecular flexibility index (Phi) is 3.52. The average Bonchev–Trinajstić information content (AvgIpc) is 3.08. The Balaban J connectivity index is 2.25. The van der Waals surface area contributed by atoms with Gasteiger partial charge in [0.2, 0.25) is 0 Å². The monoisotopic (exact) mass is 305 g/mol. The van der Waals surface area contributed by atoms with E-state index in [1.54, 1.807) is 6.07 Å². The maximum atomic E-state index is 9.76. The third kappa shape index (κ3) is 1.99. The van der Waals surface area contributed by atoms with Crippen LogP contribution < -0.4 is 0 Å². The second-order valence-electron chi connectivity index (χ2n) is 6.07. The SMILES string of the molecule is CN1CC=C2C(C#N)C(=N)C(C#N)(C#N)[C@H](c3ccoc3)[C@H]2C1. The number of hydrogen-bond donors (Lipinski definition) is 1. The van der Waals surface area contributed by atoms with E-state index in [0.717, 1.165) is 11.1 Å². The first-order chi connectivity index (χ1) is 11.1. The zero-order chi connectivity index (χ0) is 16.6. The smallest absolute Gasteiger partial charge is 0.189 e. The first-order valence-electron chi connectivity index (χ1n) is 7.30. The van der Waals surface area contributed by atoms with Gasteiger partial charge in [0.05, 0.1) is 36.4 Å². The molecule has 0 amide bonds. The van der Waals surface area contributed by atoms with Gasteiger partial charge in [0.1, 0.15) is 5.92 Å². The summed E-state index contributed by atoms with van der Waals surface area (Å²) in [6.45, 7) is 1.33. The number of fused-ring (bicyclic) bond motifs is 1. The second-order valence-corrected chi connectivity index (χ2v) is 6.07. The van der Waals surface area contributed by atoms with Crippen LogP contribution >= 0.6 is 0 Å².